The van der Waals surface area contributed by atoms with Crippen molar-refractivity contribution in [2.24, 2.45) is 5.73 Å². The third-order valence-electron chi connectivity index (χ3n) is 18.9. The minimum atomic E-state index is -0.385. The van der Waals surface area contributed by atoms with Gasteiger partial charge in [-0.1, -0.05) is 127 Å². The highest BCUT2D eigenvalue weighted by Gasteiger charge is 2.23. The maximum atomic E-state index is 13.1. The van der Waals surface area contributed by atoms with E-state index in [1.54, 1.807) is 98.7 Å². The molecular weight excluding hydrogens is 1660 g/mol. The molecule has 18 N–H and O–H groups in total. The number of amides is 15. The number of urea groups is 4. The Morgan fingerprint density at radius 3 is 0.855 bits per heavy atom. The average Bonchev–Trinajstić information content (AvgIpc) is 0.870. The summed E-state index contributed by atoms with van der Waals surface area (Å²) in [7, 11) is 6.79. The van der Waals surface area contributed by atoms with Gasteiger partial charge in [-0.05, 0) is 161 Å². The lowest BCUT2D eigenvalue weighted by Gasteiger charge is -2.20. The van der Waals surface area contributed by atoms with E-state index in [0.29, 0.717) is 144 Å². The summed E-state index contributed by atoms with van der Waals surface area (Å²) in [6, 6.07) is 73.9. The molecule has 34 nitrogen and oxygen atoms in total. The van der Waals surface area contributed by atoms with Crippen molar-refractivity contribution in [2.45, 2.75) is 66.2 Å². The van der Waals surface area contributed by atoms with E-state index in [1.165, 1.54) is 24.8 Å². The number of pyridine rings is 4. The monoisotopic (exact) mass is 1770 g/mol. The average molecular weight is 1770 g/mol. The highest BCUT2D eigenvalue weighted by molar-refractivity contribution is 6.12. The van der Waals surface area contributed by atoms with Crippen LogP contribution in [0.25, 0.3) is 0 Å². The lowest BCUT2D eigenvalue weighted by molar-refractivity contribution is -0.128. The van der Waals surface area contributed by atoms with Crippen molar-refractivity contribution >= 4 is 157 Å². The molecule has 0 unspecified atom stereocenters. The third kappa shape index (κ3) is 32.8. The van der Waals surface area contributed by atoms with E-state index in [2.05, 4.69) is 105 Å². The lowest BCUT2D eigenvalue weighted by Crippen LogP contribution is -2.29. The second kappa shape index (κ2) is 51.4. The number of hydrogen-bond acceptors (Lipinski definition) is 19. The Balaban J connectivity index is 0.000000197. The van der Waals surface area contributed by atoms with Gasteiger partial charge in [-0.15, -0.1) is 0 Å². The number of nitrogens with two attached hydrogens (primary N) is 1. The molecule has 15 amide bonds. The van der Waals surface area contributed by atoms with E-state index < -0.39 is 0 Å². The van der Waals surface area contributed by atoms with Gasteiger partial charge in [0.25, 0.3) is 23.6 Å². The SMILES string of the molecule is CCNC(=O)Nc1cc(Nc2ccccc2)c(C(=O)N(C)c2ccccc2)cn1.CCNC(=O)Nc1cc(Nc2ccccc2)c(C(=O)Nc2ccc(CCC(=O)N(C)C)cc2)cn1.CCNC(=O)Nc1cc(Nc2ccccc2)c(C(=O)Nc2ccc(CCC(=O)NC)cc2)cn1.CCNC(=O)Nc1cc(Nc2ccccc2)c(C(=O)Nc2ccc(CCC(N)=O)cc2)cn1. The van der Waals surface area contributed by atoms with E-state index in [4.69, 9.17) is 5.73 Å². The summed E-state index contributed by atoms with van der Waals surface area (Å²) in [4.78, 5) is 154. The van der Waals surface area contributed by atoms with Crippen molar-refractivity contribution in [3.63, 3.8) is 0 Å². The molecule has 676 valence electrons. The van der Waals surface area contributed by atoms with Gasteiger partial charge in [0.1, 0.15) is 23.3 Å². The van der Waals surface area contributed by atoms with Crippen molar-refractivity contribution in [3.8, 4) is 0 Å². The summed E-state index contributed by atoms with van der Waals surface area (Å²) in [5, 5.41) is 45.3. The first-order chi connectivity index (χ1) is 63.3. The molecule has 12 rings (SSSR count). The van der Waals surface area contributed by atoms with Crippen LogP contribution in [0.5, 0.6) is 0 Å². The van der Waals surface area contributed by atoms with Crippen LogP contribution in [0.4, 0.5) is 111 Å². The summed E-state index contributed by atoms with van der Waals surface area (Å²) < 4.78 is 0. The molecule has 0 saturated heterocycles. The zero-order chi connectivity index (χ0) is 93.8. The number of primary amides is 1. The maximum Gasteiger partial charge on any atom is 0.320 e. The minimum Gasteiger partial charge on any atom is -0.370 e. The molecule has 4 heterocycles. The number of para-hydroxylation sites is 5. The van der Waals surface area contributed by atoms with Crippen LogP contribution in [0.1, 0.15) is 105 Å². The fraction of sp³-hybridized carbons (Fsp3) is 0.186. The molecule has 0 atom stereocenters. The Morgan fingerprint density at radius 1 is 0.313 bits per heavy atom. The summed E-state index contributed by atoms with van der Waals surface area (Å²) in [5.74, 6) is -0.339. The molecule has 0 aliphatic rings. The quantitative estimate of drug-likeness (QED) is 0.0182. The van der Waals surface area contributed by atoms with Crippen molar-refractivity contribution in [1.82, 2.24) is 51.4 Å². The zero-order valence-corrected chi connectivity index (χ0v) is 73.8. The summed E-state index contributed by atoms with van der Waals surface area (Å²) in [6.45, 7) is 9.21. The van der Waals surface area contributed by atoms with Gasteiger partial charge >= 0.3 is 24.1 Å². The summed E-state index contributed by atoms with van der Waals surface area (Å²) in [5.41, 5.74) is 17.2. The Hall–Kier alpha value is -17.1. The molecule has 0 saturated carbocycles. The zero-order valence-electron chi connectivity index (χ0n) is 73.8. The molecular formula is C97H107N23O11. The number of anilines is 16. The summed E-state index contributed by atoms with van der Waals surface area (Å²) in [6.07, 6.45) is 8.58. The van der Waals surface area contributed by atoms with Gasteiger partial charge in [-0.25, -0.2) is 39.1 Å². The van der Waals surface area contributed by atoms with Crippen LogP contribution in [0.15, 0.2) is 274 Å². The predicted molar refractivity (Wildman–Crippen MR) is 516 cm³/mol. The fourth-order valence-electron chi connectivity index (χ4n) is 12.1. The molecule has 12 aromatic rings. The Labute approximate surface area is 759 Å². The standard InChI is InChI=1S/C26H30N6O3.C25H28N6O3.C24H26N6O3.C22H23N5O2/c1-4-27-26(35)31-23-16-22(29-19-8-6-5-7-9-19)21(17-28-23)25(34)30-20-13-10-18(11-14-20)12-15-24(33)32(2)3;1-3-27-25(34)31-22-15-21(29-18-7-5-4-6-8-18)20(16-28-22)24(33)30-19-12-9-17(10-13-19)11-14-23(32)26-2;1-2-26-24(33)30-22-14-20(28-17-6-4-3-5-7-17)19(15-27-22)23(32)29-18-11-8-16(9-12-18)10-13-21(25)31;1-3-23-22(29)26-20-14-19(25-16-10-6-4-7-11-16)18(15-24-20)21(28)27(2)17-12-8-5-9-13-17/h5-11,13-14,16-17H,4,12,15H2,1-3H3,(H,30,34)(H3,27,28,29,31,35);4-10,12-13,15-16H,3,11,14H2,1-2H3,(H,26,32)(H,30,33)(H3,27,28,29,31,34);3-9,11-12,14-15H,2,10,13H2,1H3,(H2,25,31)(H,29,32)(H3,26,27,28,30,33);4-15H,3H2,1-2H3,(H3,23,24,25,26,29). The number of benzene rings is 8. The first kappa shape index (κ1) is 97.7. The molecule has 0 radical (unpaired) electrons. The van der Waals surface area contributed by atoms with Crippen LogP contribution in [-0.4, -0.2) is 145 Å². The number of nitrogens with one attached hydrogen (secondary N) is 16. The minimum absolute atomic E-state index is 0.0200. The Bertz CT molecular complexity index is 5810. The molecule has 4 aromatic heterocycles. The van der Waals surface area contributed by atoms with E-state index in [1.807, 2.05) is 216 Å². The molecule has 34 heteroatoms. The highest BCUT2D eigenvalue weighted by Crippen LogP contribution is 2.31. The largest absolute Gasteiger partial charge is 0.370 e. The van der Waals surface area contributed by atoms with Gasteiger partial charge in [0.05, 0.1) is 45.0 Å². The number of rotatable bonds is 33. The Morgan fingerprint density at radius 2 is 0.580 bits per heavy atom. The highest BCUT2D eigenvalue weighted by atomic mass is 16.2. The van der Waals surface area contributed by atoms with Gasteiger partial charge in [0.15, 0.2) is 0 Å². The molecule has 131 heavy (non-hydrogen) atoms. The molecule has 0 bridgehead atoms. The smallest absolute Gasteiger partial charge is 0.320 e. The van der Waals surface area contributed by atoms with Crippen LogP contribution < -0.4 is 95.7 Å². The van der Waals surface area contributed by atoms with Crippen molar-refractivity contribution in [3.05, 3.63) is 312 Å². The fourth-order valence-corrected chi connectivity index (χ4v) is 12.1. The van der Waals surface area contributed by atoms with E-state index in [0.717, 1.165) is 45.1 Å². The number of carbonyl (C=O) groups is 11. The van der Waals surface area contributed by atoms with Crippen molar-refractivity contribution in [2.75, 3.05) is 118 Å². The number of carbonyl (C=O) groups excluding carboxylic acids is 11. The lowest BCUT2D eigenvalue weighted by atomic mass is 10.1. The van der Waals surface area contributed by atoms with E-state index >= 15 is 0 Å². The normalized spacial score (nSPS) is 10.2. The molecule has 8 aromatic carbocycles. The Kier molecular flexibility index (Phi) is 38.3. The van der Waals surface area contributed by atoms with Crippen LogP contribution in [0, 0.1) is 0 Å². The third-order valence-corrected chi connectivity index (χ3v) is 18.9. The van der Waals surface area contributed by atoms with E-state index in [-0.39, 0.29) is 71.9 Å². The van der Waals surface area contributed by atoms with Gasteiger partial charge in [0, 0.05) is 168 Å². The number of aryl methyl sites for hydroxylation is 3. The van der Waals surface area contributed by atoms with Gasteiger partial charge in [-0.2, -0.15) is 0 Å². The number of nitrogens with zero attached hydrogens (tertiary/aromatic N) is 6. The first-order valence-electron chi connectivity index (χ1n) is 42.1. The first-order valence-corrected chi connectivity index (χ1v) is 42.1. The van der Waals surface area contributed by atoms with Crippen LogP contribution in [0.3, 0.4) is 0 Å². The van der Waals surface area contributed by atoms with Gasteiger partial charge in [-0.3, -0.25) is 54.8 Å². The molecule has 0 fully saturated rings. The second-order valence-corrected chi connectivity index (χ2v) is 28.9. The maximum absolute atomic E-state index is 13.1. The molecule has 0 aliphatic carbocycles. The number of hydrogen-bond donors (Lipinski definition) is 17. The van der Waals surface area contributed by atoms with Crippen LogP contribution in [0.2, 0.25) is 0 Å². The predicted octanol–water partition coefficient (Wildman–Crippen LogP) is 16.0. The van der Waals surface area contributed by atoms with Gasteiger partial charge < -0.3 is 79.3 Å². The van der Waals surface area contributed by atoms with Crippen LogP contribution in [-0.2, 0) is 33.6 Å². The van der Waals surface area contributed by atoms with Crippen molar-refractivity contribution < 1.29 is 52.7 Å². The molecule has 0 spiro atoms. The topological polar surface area (TPSA) is 464 Å². The summed E-state index contributed by atoms with van der Waals surface area (Å²) >= 11 is 0. The van der Waals surface area contributed by atoms with E-state index in [9.17, 15) is 52.7 Å². The second-order valence-electron chi connectivity index (χ2n) is 28.9. The number of aromatic nitrogens is 4. The molecule has 0 aliphatic heterocycles. The van der Waals surface area contributed by atoms with Gasteiger partial charge in [0.2, 0.25) is 17.7 Å². The van der Waals surface area contributed by atoms with Crippen molar-refractivity contribution in [1.29, 1.82) is 0 Å². The van der Waals surface area contributed by atoms with Crippen LogP contribution >= 0.6 is 0 Å².